The number of rotatable bonds is 2. The van der Waals surface area contributed by atoms with E-state index in [0.717, 1.165) is 13.0 Å². The minimum Gasteiger partial charge on any atom is -0.330 e. The summed E-state index contributed by atoms with van der Waals surface area (Å²) in [5.41, 5.74) is 8.03. The van der Waals surface area contributed by atoms with E-state index in [1.165, 1.54) is 11.1 Å². The average Bonchev–Trinajstić information content (AvgIpc) is 2.13. The Kier molecular flexibility index (Phi) is 6.91. The maximum absolute atomic E-state index is 5.40. The van der Waals surface area contributed by atoms with Crippen LogP contribution in [-0.4, -0.2) is 12.8 Å². The van der Waals surface area contributed by atoms with Crippen molar-refractivity contribution in [3.8, 4) is 0 Å². The van der Waals surface area contributed by atoms with Gasteiger partial charge in [-0.2, -0.15) is 12.6 Å². The zero-order valence-corrected chi connectivity index (χ0v) is 8.64. The monoisotopic (exact) mass is 183 g/mol. The molecule has 0 fully saturated rings. The summed E-state index contributed by atoms with van der Waals surface area (Å²) in [5, 5.41) is 0. The van der Waals surface area contributed by atoms with Crippen LogP contribution in [0, 0.1) is 6.92 Å². The van der Waals surface area contributed by atoms with Gasteiger partial charge in [-0.25, -0.2) is 0 Å². The summed E-state index contributed by atoms with van der Waals surface area (Å²) in [5.74, 6) is 0. The molecule has 0 aliphatic carbocycles. The smallest absolute Gasteiger partial charge is 0.00367 e. The third kappa shape index (κ3) is 4.42. The van der Waals surface area contributed by atoms with Gasteiger partial charge in [0.2, 0.25) is 0 Å². The maximum atomic E-state index is 5.40. The highest BCUT2D eigenvalue weighted by Gasteiger charge is 1.88. The lowest BCUT2D eigenvalue weighted by Crippen LogP contribution is -2.02. The fraction of sp³-hybridized carbons (Fsp3) is 0.400. The normalized spacial score (nSPS) is 8.67. The molecule has 0 aliphatic rings. The molecule has 0 spiro atoms. The maximum Gasteiger partial charge on any atom is -0.00367 e. The second-order valence-corrected chi connectivity index (χ2v) is 2.52. The van der Waals surface area contributed by atoms with Crippen LogP contribution in [0.3, 0.4) is 0 Å². The van der Waals surface area contributed by atoms with E-state index in [0.29, 0.717) is 0 Å². The molecule has 1 aromatic rings. The van der Waals surface area contributed by atoms with E-state index in [1.807, 2.05) is 0 Å². The van der Waals surface area contributed by atoms with Crippen molar-refractivity contribution in [3.63, 3.8) is 0 Å². The molecular weight excluding hydrogens is 166 g/mol. The lowest BCUT2D eigenvalue weighted by Gasteiger charge is -1.97. The molecule has 0 saturated heterocycles. The summed E-state index contributed by atoms with van der Waals surface area (Å²) in [4.78, 5) is 0. The first kappa shape index (κ1) is 11.5. The second kappa shape index (κ2) is 7.19. The van der Waals surface area contributed by atoms with Crippen LogP contribution < -0.4 is 5.73 Å². The fourth-order valence-corrected chi connectivity index (χ4v) is 0.921. The Hall–Kier alpha value is -0.470. The molecule has 0 amide bonds. The average molecular weight is 183 g/mol. The van der Waals surface area contributed by atoms with Crippen molar-refractivity contribution in [1.29, 1.82) is 0 Å². The Bertz CT molecular complexity index is 193. The molecule has 0 aliphatic heterocycles. The lowest BCUT2D eigenvalue weighted by molar-refractivity contribution is 0.968. The summed E-state index contributed by atoms with van der Waals surface area (Å²) < 4.78 is 0. The molecule has 2 N–H and O–H groups in total. The van der Waals surface area contributed by atoms with Gasteiger partial charge in [0.1, 0.15) is 0 Å². The summed E-state index contributed by atoms with van der Waals surface area (Å²) in [7, 11) is 0. The Morgan fingerprint density at radius 3 is 2.08 bits per heavy atom. The van der Waals surface area contributed by atoms with Crippen molar-refractivity contribution in [2.75, 3.05) is 12.8 Å². The van der Waals surface area contributed by atoms with Crippen LogP contribution in [0.25, 0.3) is 0 Å². The second-order valence-electron chi connectivity index (χ2n) is 2.52. The number of thiol groups is 1. The van der Waals surface area contributed by atoms with Gasteiger partial charge in [-0.05, 0) is 31.7 Å². The highest BCUT2D eigenvalue weighted by atomic mass is 32.1. The van der Waals surface area contributed by atoms with Gasteiger partial charge in [-0.15, -0.1) is 0 Å². The number of hydrogen-bond acceptors (Lipinski definition) is 2. The summed E-state index contributed by atoms with van der Waals surface area (Å²) >= 11 is 3.53. The Morgan fingerprint density at radius 1 is 1.17 bits per heavy atom. The number of benzene rings is 1. The van der Waals surface area contributed by atoms with Crippen LogP contribution in [0.5, 0.6) is 0 Å². The van der Waals surface area contributed by atoms with E-state index >= 15 is 0 Å². The number of hydrogen-bond donors (Lipinski definition) is 2. The molecule has 0 atom stereocenters. The lowest BCUT2D eigenvalue weighted by atomic mass is 10.1. The predicted octanol–water partition coefficient (Wildman–Crippen LogP) is 2.04. The quantitative estimate of drug-likeness (QED) is 0.674. The molecule has 1 aromatic carbocycles. The van der Waals surface area contributed by atoms with E-state index in [9.17, 15) is 0 Å². The number of nitrogens with two attached hydrogens (primary N) is 1. The topological polar surface area (TPSA) is 26.0 Å². The van der Waals surface area contributed by atoms with Gasteiger partial charge in [0.15, 0.2) is 0 Å². The summed E-state index contributed by atoms with van der Waals surface area (Å²) in [6.07, 6.45) is 2.68. The molecule has 68 valence electrons. The van der Waals surface area contributed by atoms with Gasteiger partial charge in [0.05, 0.1) is 0 Å². The van der Waals surface area contributed by atoms with Crippen LogP contribution in [0.15, 0.2) is 24.3 Å². The van der Waals surface area contributed by atoms with Gasteiger partial charge in [-0.1, -0.05) is 29.8 Å². The molecule has 0 aromatic heterocycles. The molecule has 2 heteroatoms. The van der Waals surface area contributed by atoms with Crippen LogP contribution in [-0.2, 0) is 6.42 Å². The highest BCUT2D eigenvalue weighted by Crippen LogP contribution is 2.02. The van der Waals surface area contributed by atoms with Gasteiger partial charge in [0.25, 0.3) is 0 Å². The van der Waals surface area contributed by atoms with Crippen molar-refractivity contribution in [2.45, 2.75) is 13.3 Å². The molecule has 0 heterocycles. The van der Waals surface area contributed by atoms with Crippen molar-refractivity contribution >= 4 is 12.6 Å². The molecule has 12 heavy (non-hydrogen) atoms. The first-order chi connectivity index (χ1) is 5.83. The van der Waals surface area contributed by atoms with Gasteiger partial charge < -0.3 is 5.73 Å². The molecule has 0 saturated carbocycles. The predicted molar refractivity (Wildman–Crippen MR) is 58.8 cm³/mol. The fourth-order valence-electron chi connectivity index (χ4n) is 0.921. The van der Waals surface area contributed by atoms with E-state index in [-0.39, 0.29) is 0 Å². The zero-order chi connectivity index (χ0) is 9.40. The van der Waals surface area contributed by atoms with E-state index in [2.05, 4.69) is 43.8 Å². The minimum atomic E-state index is 0.739. The standard InChI is InChI=1S/C9H13N.CH4S/c1-8-2-4-9(5-3-8)6-7-10;1-2/h2-5H,6-7,10H2,1H3;2H,1H3. The van der Waals surface area contributed by atoms with Crippen LogP contribution in [0.1, 0.15) is 11.1 Å². The highest BCUT2D eigenvalue weighted by molar-refractivity contribution is 7.79. The van der Waals surface area contributed by atoms with E-state index in [1.54, 1.807) is 6.26 Å². The van der Waals surface area contributed by atoms with Gasteiger partial charge in [-0.3, -0.25) is 0 Å². The summed E-state index contributed by atoms with van der Waals surface area (Å²) in [6, 6.07) is 8.49. The molecule has 1 nitrogen and oxygen atoms in total. The minimum absolute atomic E-state index is 0.739. The van der Waals surface area contributed by atoms with Crippen molar-refractivity contribution in [3.05, 3.63) is 35.4 Å². The molecular formula is C10H17NS. The van der Waals surface area contributed by atoms with Crippen LogP contribution in [0.2, 0.25) is 0 Å². The van der Waals surface area contributed by atoms with Crippen LogP contribution >= 0.6 is 12.6 Å². The van der Waals surface area contributed by atoms with Gasteiger partial charge >= 0.3 is 0 Å². The SMILES string of the molecule is CS.Cc1ccc(CCN)cc1. The van der Waals surface area contributed by atoms with Crippen molar-refractivity contribution in [1.82, 2.24) is 0 Å². The molecule has 0 radical (unpaired) electrons. The first-order valence-corrected chi connectivity index (χ1v) is 4.92. The summed E-state index contributed by atoms with van der Waals surface area (Å²) in [6.45, 7) is 2.83. The third-order valence-corrected chi connectivity index (χ3v) is 1.55. The van der Waals surface area contributed by atoms with E-state index in [4.69, 9.17) is 5.73 Å². The first-order valence-electron chi connectivity index (χ1n) is 4.03. The Labute approximate surface area is 80.4 Å². The zero-order valence-electron chi connectivity index (χ0n) is 7.75. The molecule has 0 bridgehead atoms. The largest absolute Gasteiger partial charge is 0.330 e. The van der Waals surface area contributed by atoms with Gasteiger partial charge in [0, 0.05) is 0 Å². The Balaban J connectivity index is 0.000000561. The van der Waals surface area contributed by atoms with Crippen molar-refractivity contribution < 1.29 is 0 Å². The van der Waals surface area contributed by atoms with Crippen LogP contribution in [0.4, 0.5) is 0 Å². The van der Waals surface area contributed by atoms with E-state index < -0.39 is 0 Å². The molecule has 1 rings (SSSR count). The number of aryl methyl sites for hydroxylation is 1. The molecule has 0 unspecified atom stereocenters. The van der Waals surface area contributed by atoms with Crippen molar-refractivity contribution in [2.24, 2.45) is 5.73 Å². The Morgan fingerprint density at radius 2 is 1.67 bits per heavy atom. The third-order valence-electron chi connectivity index (χ3n) is 1.55.